The number of hydrogen-bond acceptors (Lipinski definition) is 5. The van der Waals surface area contributed by atoms with Gasteiger partial charge in [0.2, 0.25) is 0 Å². The van der Waals surface area contributed by atoms with Crippen LogP contribution < -0.4 is 5.73 Å². The zero-order valence-corrected chi connectivity index (χ0v) is 16.3. The number of carboxylic acid groups (broad SMARTS) is 1. The average molecular weight is 414 g/mol. The zero-order valence-electron chi connectivity index (χ0n) is 14.7. The fourth-order valence-electron chi connectivity index (χ4n) is 2.60. The molecule has 1 aliphatic rings. The highest BCUT2D eigenvalue weighted by Gasteiger charge is 2.26. The Morgan fingerprint density at radius 1 is 1.24 bits per heavy atom. The van der Waals surface area contributed by atoms with E-state index in [4.69, 9.17) is 15.6 Å². The molecule has 0 atom stereocenters. The summed E-state index contributed by atoms with van der Waals surface area (Å²) in [5.74, 6) is -1.05. The Bertz CT molecular complexity index is 665. The Hall–Kier alpha value is -1.80. The minimum absolute atomic E-state index is 0.0883. The summed E-state index contributed by atoms with van der Waals surface area (Å²) in [6.45, 7) is 8.80. The summed E-state index contributed by atoms with van der Waals surface area (Å²) in [6, 6.07) is 3.22. The van der Waals surface area contributed by atoms with E-state index in [1.807, 2.05) is 20.8 Å². The van der Waals surface area contributed by atoms with Gasteiger partial charge in [0.15, 0.2) is 0 Å². The van der Waals surface area contributed by atoms with Gasteiger partial charge in [0.1, 0.15) is 5.60 Å². The topological polar surface area (TPSA) is 96.1 Å². The van der Waals surface area contributed by atoms with Crippen LogP contribution in [0.5, 0.6) is 0 Å². The first kappa shape index (κ1) is 19.5. The maximum absolute atomic E-state index is 12.1. The van der Waals surface area contributed by atoms with Crippen molar-refractivity contribution in [3.63, 3.8) is 0 Å². The van der Waals surface area contributed by atoms with Crippen molar-refractivity contribution in [2.75, 3.05) is 31.9 Å². The minimum atomic E-state index is -1.05. The fraction of sp³-hybridized carbons (Fsp3) is 0.529. The van der Waals surface area contributed by atoms with Crippen LogP contribution in [0.2, 0.25) is 0 Å². The van der Waals surface area contributed by atoms with Gasteiger partial charge in [0.25, 0.3) is 0 Å². The van der Waals surface area contributed by atoms with E-state index in [0.717, 1.165) is 5.56 Å². The maximum atomic E-state index is 12.1. The van der Waals surface area contributed by atoms with Crippen molar-refractivity contribution in [2.24, 2.45) is 0 Å². The number of benzene rings is 1. The largest absolute Gasteiger partial charge is 0.478 e. The molecular formula is C17H24BrN3O4. The van der Waals surface area contributed by atoms with Gasteiger partial charge in [0.05, 0.1) is 5.56 Å². The van der Waals surface area contributed by atoms with E-state index in [2.05, 4.69) is 20.8 Å². The number of carboxylic acids is 1. The lowest BCUT2D eigenvalue weighted by atomic mass is 10.1. The summed E-state index contributed by atoms with van der Waals surface area (Å²) in [5, 5.41) is 9.10. The predicted molar refractivity (Wildman–Crippen MR) is 98.6 cm³/mol. The number of rotatable bonds is 3. The summed E-state index contributed by atoms with van der Waals surface area (Å²) in [5.41, 5.74) is 6.59. The second-order valence-corrected chi connectivity index (χ2v) is 7.93. The van der Waals surface area contributed by atoms with Gasteiger partial charge in [-0.25, -0.2) is 9.59 Å². The number of aromatic carboxylic acids is 1. The highest BCUT2D eigenvalue weighted by Crippen LogP contribution is 2.25. The number of carbonyl (C=O) groups excluding carboxylic acids is 1. The average Bonchev–Trinajstić information content (AvgIpc) is 2.49. The highest BCUT2D eigenvalue weighted by molar-refractivity contribution is 9.10. The number of carbonyl (C=O) groups is 2. The van der Waals surface area contributed by atoms with Gasteiger partial charge in [-0.3, -0.25) is 4.90 Å². The van der Waals surface area contributed by atoms with E-state index < -0.39 is 11.6 Å². The zero-order chi connectivity index (χ0) is 18.8. The lowest BCUT2D eigenvalue weighted by Gasteiger charge is -2.35. The third kappa shape index (κ3) is 5.34. The molecule has 1 aromatic rings. The Labute approximate surface area is 155 Å². The summed E-state index contributed by atoms with van der Waals surface area (Å²) in [4.78, 5) is 27.1. The molecule has 0 bridgehead atoms. The molecule has 1 fully saturated rings. The van der Waals surface area contributed by atoms with Crippen molar-refractivity contribution in [2.45, 2.75) is 32.9 Å². The molecular weight excluding hydrogens is 390 g/mol. The first-order valence-corrected chi connectivity index (χ1v) is 8.87. The van der Waals surface area contributed by atoms with Gasteiger partial charge in [-0.15, -0.1) is 0 Å². The standard InChI is InChI=1S/C17H24BrN3O4/c1-17(2,3)25-16(24)21-6-4-20(5-7-21)10-11-8-14(19)12(15(22)23)9-13(11)18/h8-9H,4-7,10,19H2,1-3H3,(H,22,23). The lowest BCUT2D eigenvalue weighted by molar-refractivity contribution is 0.0139. The van der Waals surface area contributed by atoms with Gasteiger partial charge in [-0.2, -0.15) is 0 Å². The highest BCUT2D eigenvalue weighted by atomic mass is 79.9. The predicted octanol–water partition coefficient (Wildman–Crippen LogP) is 2.78. The number of nitrogens with zero attached hydrogens (tertiary/aromatic N) is 2. The molecule has 1 aromatic carbocycles. The third-order valence-corrected chi connectivity index (χ3v) is 4.61. The van der Waals surface area contributed by atoms with Crippen LogP contribution in [0.25, 0.3) is 0 Å². The molecule has 7 nitrogen and oxygen atoms in total. The quantitative estimate of drug-likeness (QED) is 0.739. The molecule has 0 spiro atoms. The van der Waals surface area contributed by atoms with Crippen molar-refractivity contribution in [3.05, 3.63) is 27.7 Å². The van der Waals surface area contributed by atoms with E-state index in [-0.39, 0.29) is 17.3 Å². The molecule has 0 aliphatic carbocycles. The summed E-state index contributed by atoms with van der Waals surface area (Å²) >= 11 is 3.41. The van der Waals surface area contributed by atoms with E-state index in [1.54, 1.807) is 11.0 Å². The van der Waals surface area contributed by atoms with Gasteiger partial charge in [0, 0.05) is 42.9 Å². The number of hydrogen-bond donors (Lipinski definition) is 2. The molecule has 2 rings (SSSR count). The van der Waals surface area contributed by atoms with Gasteiger partial charge in [-0.05, 0) is 38.5 Å². The smallest absolute Gasteiger partial charge is 0.410 e. The van der Waals surface area contributed by atoms with Crippen LogP contribution in [0.1, 0.15) is 36.7 Å². The molecule has 0 aromatic heterocycles. The number of halogens is 1. The van der Waals surface area contributed by atoms with Crippen molar-refractivity contribution in [1.29, 1.82) is 0 Å². The van der Waals surface area contributed by atoms with Crippen molar-refractivity contribution in [3.8, 4) is 0 Å². The first-order valence-electron chi connectivity index (χ1n) is 8.08. The van der Waals surface area contributed by atoms with E-state index in [9.17, 15) is 9.59 Å². The molecule has 0 unspecified atom stereocenters. The van der Waals surface area contributed by atoms with Gasteiger partial charge < -0.3 is 20.5 Å². The van der Waals surface area contributed by atoms with E-state index in [0.29, 0.717) is 37.2 Å². The monoisotopic (exact) mass is 413 g/mol. The normalized spacial score (nSPS) is 15.9. The Morgan fingerprint density at radius 2 is 1.84 bits per heavy atom. The fourth-order valence-corrected chi connectivity index (χ4v) is 3.07. The van der Waals surface area contributed by atoms with Crippen molar-refractivity contribution >= 4 is 33.7 Å². The van der Waals surface area contributed by atoms with Crippen LogP contribution in [0.15, 0.2) is 16.6 Å². The second kappa shape index (κ2) is 7.61. The number of amides is 1. The van der Waals surface area contributed by atoms with Crippen LogP contribution >= 0.6 is 15.9 Å². The summed E-state index contributed by atoms with van der Waals surface area (Å²) < 4.78 is 6.11. The molecule has 25 heavy (non-hydrogen) atoms. The maximum Gasteiger partial charge on any atom is 0.410 e. The number of piperazine rings is 1. The number of anilines is 1. The molecule has 1 aliphatic heterocycles. The Kier molecular flexibility index (Phi) is 5.95. The molecule has 1 amide bonds. The number of ether oxygens (including phenoxy) is 1. The molecule has 0 saturated carbocycles. The molecule has 0 radical (unpaired) electrons. The van der Waals surface area contributed by atoms with Crippen molar-refractivity contribution < 1.29 is 19.4 Å². The molecule has 1 heterocycles. The second-order valence-electron chi connectivity index (χ2n) is 7.08. The third-order valence-electron chi connectivity index (χ3n) is 3.87. The SMILES string of the molecule is CC(C)(C)OC(=O)N1CCN(Cc2cc(N)c(C(=O)O)cc2Br)CC1. The summed E-state index contributed by atoms with van der Waals surface area (Å²) in [6.07, 6.45) is -0.289. The molecule has 138 valence electrons. The van der Waals surface area contributed by atoms with E-state index in [1.165, 1.54) is 6.07 Å². The minimum Gasteiger partial charge on any atom is -0.478 e. The number of nitrogens with two attached hydrogens (primary N) is 1. The lowest BCUT2D eigenvalue weighted by Crippen LogP contribution is -2.49. The van der Waals surface area contributed by atoms with Crippen LogP contribution in [0.3, 0.4) is 0 Å². The molecule has 8 heteroatoms. The molecule has 3 N–H and O–H groups in total. The van der Waals surface area contributed by atoms with Crippen LogP contribution in [0, 0.1) is 0 Å². The van der Waals surface area contributed by atoms with Crippen LogP contribution in [-0.4, -0.2) is 58.7 Å². The Balaban J connectivity index is 1.95. The Morgan fingerprint density at radius 3 is 2.36 bits per heavy atom. The van der Waals surface area contributed by atoms with Crippen LogP contribution in [0.4, 0.5) is 10.5 Å². The van der Waals surface area contributed by atoms with Crippen molar-refractivity contribution in [1.82, 2.24) is 9.80 Å². The van der Waals surface area contributed by atoms with Crippen LogP contribution in [-0.2, 0) is 11.3 Å². The molecule has 1 saturated heterocycles. The van der Waals surface area contributed by atoms with Gasteiger partial charge in [-0.1, -0.05) is 15.9 Å². The number of nitrogen functional groups attached to an aromatic ring is 1. The van der Waals surface area contributed by atoms with Gasteiger partial charge >= 0.3 is 12.1 Å². The van der Waals surface area contributed by atoms with E-state index >= 15 is 0 Å². The summed E-state index contributed by atoms with van der Waals surface area (Å²) in [7, 11) is 0. The first-order chi connectivity index (χ1) is 11.6.